The second kappa shape index (κ2) is 13.0. The minimum absolute atomic E-state index is 0.613. The maximum absolute atomic E-state index is 6.36. The number of furan rings is 1. The Balaban J connectivity index is 1.13. The van der Waals surface area contributed by atoms with Crippen LogP contribution in [0.15, 0.2) is 193 Å². The van der Waals surface area contributed by atoms with Crippen LogP contribution in [0, 0.1) is 0 Å². The predicted molar refractivity (Wildman–Crippen MR) is 226 cm³/mol. The fraction of sp³-hybridized carbons (Fsp3) is 0. The van der Waals surface area contributed by atoms with E-state index in [1.165, 1.54) is 10.8 Å². The van der Waals surface area contributed by atoms with Crippen LogP contribution in [0.5, 0.6) is 0 Å². The molecule has 0 unspecified atom stereocenters. The van der Waals surface area contributed by atoms with Gasteiger partial charge in [-0.1, -0.05) is 121 Å². The highest BCUT2D eigenvalue weighted by molar-refractivity contribution is 6.27. The van der Waals surface area contributed by atoms with Gasteiger partial charge >= 0.3 is 0 Å². The van der Waals surface area contributed by atoms with E-state index in [1.54, 1.807) is 0 Å². The molecule has 4 aromatic heterocycles. The zero-order chi connectivity index (χ0) is 37.0. The molecule has 262 valence electrons. The van der Waals surface area contributed by atoms with Crippen LogP contribution in [0.25, 0.3) is 106 Å². The summed E-state index contributed by atoms with van der Waals surface area (Å²) in [6.07, 6.45) is 3.74. The van der Waals surface area contributed by atoms with Crippen LogP contribution in [0.4, 0.5) is 0 Å². The Morgan fingerprint density at radius 3 is 1.70 bits per heavy atom. The van der Waals surface area contributed by atoms with Gasteiger partial charge in [0.2, 0.25) is 0 Å². The molecule has 0 amide bonds. The molecule has 0 aliphatic carbocycles. The van der Waals surface area contributed by atoms with E-state index in [0.29, 0.717) is 17.5 Å². The number of pyridine rings is 1. The van der Waals surface area contributed by atoms with Gasteiger partial charge in [-0.3, -0.25) is 4.98 Å². The van der Waals surface area contributed by atoms with Gasteiger partial charge in [0.15, 0.2) is 17.5 Å². The summed E-state index contributed by atoms with van der Waals surface area (Å²) in [7, 11) is 0. The molecule has 0 saturated heterocycles. The van der Waals surface area contributed by atoms with E-state index in [1.807, 2.05) is 91.3 Å². The second-order valence-corrected chi connectivity index (χ2v) is 13.9. The highest BCUT2D eigenvalue weighted by Crippen LogP contribution is 2.42. The number of aromatic nitrogens is 5. The molecule has 11 aromatic rings. The van der Waals surface area contributed by atoms with Crippen molar-refractivity contribution in [3.05, 3.63) is 188 Å². The number of fused-ring (bicyclic) bond motifs is 7. The molecule has 0 saturated carbocycles. The van der Waals surface area contributed by atoms with Crippen molar-refractivity contribution in [2.24, 2.45) is 0 Å². The lowest BCUT2D eigenvalue weighted by Crippen LogP contribution is -2.00. The number of benzene rings is 7. The maximum atomic E-state index is 6.36. The highest BCUT2D eigenvalue weighted by Gasteiger charge is 2.20. The monoisotopic (exact) mass is 717 g/mol. The van der Waals surface area contributed by atoms with Crippen molar-refractivity contribution < 1.29 is 4.42 Å². The molecule has 4 heterocycles. The summed E-state index contributed by atoms with van der Waals surface area (Å²) in [6, 6.07) is 60.7. The third kappa shape index (κ3) is 5.35. The third-order valence-electron chi connectivity index (χ3n) is 10.5. The van der Waals surface area contributed by atoms with E-state index in [9.17, 15) is 0 Å². The number of para-hydroxylation sites is 2. The topological polar surface area (TPSA) is 69.6 Å². The predicted octanol–water partition coefficient (Wildman–Crippen LogP) is 12.6. The van der Waals surface area contributed by atoms with E-state index < -0.39 is 0 Å². The van der Waals surface area contributed by atoms with Crippen molar-refractivity contribution in [2.45, 2.75) is 0 Å². The Bertz CT molecular complexity index is 3190. The van der Waals surface area contributed by atoms with Crippen LogP contribution in [-0.2, 0) is 0 Å². The molecule has 0 N–H and O–H groups in total. The van der Waals surface area contributed by atoms with Crippen LogP contribution < -0.4 is 0 Å². The fourth-order valence-electron chi connectivity index (χ4n) is 7.94. The Kier molecular flexibility index (Phi) is 7.38. The first kappa shape index (κ1) is 31.8. The van der Waals surface area contributed by atoms with Gasteiger partial charge in [0.05, 0.1) is 11.0 Å². The molecule has 7 aromatic carbocycles. The van der Waals surface area contributed by atoms with Gasteiger partial charge in [0, 0.05) is 61.9 Å². The maximum Gasteiger partial charge on any atom is 0.164 e. The lowest BCUT2D eigenvalue weighted by Gasteiger charge is -2.14. The first-order chi connectivity index (χ1) is 27.7. The molecule has 0 radical (unpaired) electrons. The lowest BCUT2D eigenvalue weighted by atomic mass is 9.97. The summed E-state index contributed by atoms with van der Waals surface area (Å²) >= 11 is 0. The van der Waals surface area contributed by atoms with Gasteiger partial charge in [0.1, 0.15) is 11.2 Å². The second-order valence-electron chi connectivity index (χ2n) is 13.9. The third-order valence-corrected chi connectivity index (χ3v) is 10.5. The molecule has 0 aliphatic rings. The first-order valence-corrected chi connectivity index (χ1v) is 18.6. The van der Waals surface area contributed by atoms with Gasteiger partial charge in [-0.15, -0.1) is 0 Å². The molecule has 0 bridgehead atoms. The molecule has 11 rings (SSSR count). The van der Waals surface area contributed by atoms with E-state index >= 15 is 0 Å². The number of rotatable bonds is 6. The van der Waals surface area contributed by atoms with E-state index in [0.717, 1.165) is 77.6 Å². The van der Waals surface area contributed by atoms with Crippen molar-refractivity contribution in [1.29, 1.82) is 0 Å². The molecular weight excluding hydrogens is 687 g/mol. The summed E-state index contributed by atoms with van der Waals surface area (Å²) in [5.74, 6) is 1.88. The Hall–Kier alpha value is -7.70. The smallest absolute Gasteiger partial charge is 0.164 e. The van der Waals surface area contributed by atoms with Gasteiger partial charge in [-0.05, 0) is 71.3 Å². The quantitative estimate of drug-likeness (QED) is 0.171. The largest absolute Gasteiger partial charge is 0.456 e. The first-order valence-electron chi connectivity index (χ1n) is 18.6. The van der Waals surface area contributed by atoms with Crippen molar-refractivity contribution >= 4 is 43.7 Å². The average Bonchev–Trinajstić information content (AvgIpc) is 3.83. The van der Waals surface area contributed by atoms with Gasteiger partial charge in [0.25, 0.3) is 0 Å². The van der Waals surface area contributed by atoms with Crippen molar-refractivity contribution in [2.75, 3.05) is 0 Å². The summed E-state index contributed by atoms with van der Waals surface area (Å²) in [5.41, 5.74) is 12.0. The standard InChI is InChI=1S/C50H31N5O/c1-3-13-32(14-4-1)48-52-49(33-15-5-2-6-16-33)54-50(53-48)35-18-11-17-34(27-35)37-28-38(36-19-12-26-51-31-36)30-39(29-37)55-42-22-9-7-20-40(42)46-43(55)24-25-45-47(46)41-21-8-10-23-44(41)56-45/h1-31H. The molecule has 0 spiro atoms. The highest BCUT2D eigenvalue weighted by atomic mass is 16.3. The van der Waals surface area contributed by atoms with Gasteiger partial charge in [-0.2, -0.15) is 0 Å². The molecule has 56 heavy (non-hydrogen) atoms. The van der Waals surface area contributed by atoms with E-state index in [-0.39, 0.29) is 0 Å². The molecule has 6 heteroatoms. The molecule has 0 atom stereocenters. The van der Waals surface area contributed by atoms with Crippen LogP contribution in [-0.4, -0.2) is 24.5 Å². The fourth-order valence-corrected chi connectivity index (χ4v) is 7.94. The zero-order valence-corrected chi connectivity index (χ0v) is 30.0. The minimum Gasteiger partial charge on any atom is -0.456 e. The van der Waals surface area contributed by atoms with Crippen LogP contribution in [0.3, 0.4) is 0 Å². The lowest BCUT2D eigenvalue weighted by molar-refractivity contribution is 0.669. The normalized spacial score (nSPS) is 11.6. The minimum atomic E-state index is 0.613. The van der Waals surface area contributed by atoms with Crippen molar-refractivity contribution in [3.63, 3.8) is 0 Å². The van der Waals surface area contributed by atoms with Crippen LogP contribution >= 0.6 is 0 Å². The van der Waals surface area contributed by atoms with Crippen molar-refractivity contribution in [1.82, 2.24) is 24.5 Å². The molecule has 0 fully saturated rings. The van der Waals surface area contributed by atoms with Crippen LogP contribution in [0.2, 0.25) is 0 Å². The van der Waals surface area contributed by atoms with Crippen LogP contribution in [0.1, 0.15) is 0 Å². The van der Waals surface area contributed by atoms with Gasteiger partial charge in [-0.25, -0.2) is 15.0 Å². The van der Waals surface area contributed by atoms with Crippen molar-refractivity contribution in [3.8, 4) is 62.1 Å². The summed E-state index contributed by atoms with van der Waals surface area (Å²) < 4.78 is 8.74. The van der Waals surface area contributed by atoms with Gasteiger partial charge < -0.3 is 8.98 Å². The summed E-state index contributed by atoms with van der Waals surface area (Å²) in [6.45, 7) is 0. The molecule has 6 nitrogen and oxygen atoms in total. The molecule has 0 aliphatic heterocycles. The summed E-state index contributed by atoms with van der Waals surface area (Å²) in [5, 5.41) is 4.60. The Morgan fingerprint density at radius 1 is 0.375 bits per heavy atom. The number of hydrogen-bond donors (Lipinski definition) is 0. The Morgan fingerprint density at radius 2 is 0.964 bits per heavy atom. The Labute approximate surface area is 322 Å². The van der Waals surface area contributed by atoms with E-state index in [4.69, 9.17) is 19.4 Å². The average molecular weight is 718 g/mol. The van der Waals surface area contributed by atoms with E-state index in [2.05, 4.69) is 107 Å². The summed E-state index contributed by atoms with van der Waals surface area (Å²) in [4.78, 5) is 19.5. The SMILES string of the molecule is c1ccc(-c2nc(-c3ccccc3)nc(-c3cccc(-c4cc(-c5cccnc5)cc(-n5c6ccccc6c6c7c(ccc65)oc5ccccc57)c4)c3)n2)cc1. The number of nitrogens with zero attached hydrogens (tertiary/aromatic N) is 5. The zero-order valence-electron chi connectivity index (χ0n) is 30.0. The molecular formula is C50H31N5O. The number of hydrogen-bond acceptors (Lipinski definition) is 5.